The topological polar surface area (TPSA) is 92.2 Å². The summed E-state index contributed by atoms with van der Waals surface area (Å²) in [5.74, 6) is 0.525. The molecule has 2 unspecified atom stereocenters. The number of quaternary nitrogens is 1. The van der Waals surface area contributed by atoms with E-state index in [9.17, 15) is 14.7 Å². The highest BCUT2D eigenvalue weighted by atomic mass is 35.5. The lowest BCUT2D eigenvalue weighted by Crippen LogP contribution is -3.00. The fraction of sp³-hybridized carbons (Fsp3) is 0.333. The number of hydrogen-bond donors (Lipinski definition) is 3. The average molecular weight is 447 g/mol. The third-order valence-electron chi connectivity index (χ3n) is 4.74. The largest absolute Gasteiger partial charge is 1.00 e. The van der Waals surface area contributed by atoms with Crippen molar-refractivity contribution >= 4 is 17.4 Å². The minimum Gasteiger partial charge on any atom is -1.00 e. The molecule has 0 fully saturated rings. The van der Waals surface area contributed by atoms with E-state index in [4.69, 9.17) is 4.74 Å². The molecule has 0 aliphatic heterocycles. The normalized spacial score (nSPS) is 12.2. The third-order valence-corrected chi connectivity index (χ3v) is 4.74. The molecule has 0 heterocycles. The van der Waals surface area contributed by atoms with E-state index in [2.05, 4.69) is 5.32 Å². The van der Waals surface area contributed by atoms with Crippen molar-refractivity contribution in [2.24, 2.45) is 0 Å². The summed E-state index contributed by atoms with van der Waals surface area (Å²) >= 11 is 0. The van der Waals surface area contributed by atoms with Gasteiger partial charge >= 0.3 is 0 Å². The number of ketones is 1. The Morgan fingerprint density at radius 1 is 1.16 bits per heavy atom. The molecule has 0 radical (unpaired) electrons. The van der Waals surface area contributed by atoms with Crippen molar-refractivity contribution in [1.82, 2.24) is 0 Å². The van der Waals surface area contributed by atoms with Crippen molar-refractivity contribution in [3.63, 3.8) is 0 Å². The van der Waals surface area contributed by atoms with Crippen LogP contribution in [0.4, 0.5) is 5.69 Å². The predicted molar refractivity (Wildman–Crippen MR) is 118 cm³/mol. The summed E-state index contributed by atoms with van der Waals surface area (Å²) < 4.78 is 5.14. The van der Waals surface area contributed by atoms with Crippen LogP contribution in [0.3, 0.4) is 0 Å². The zero-order chi connectivity index (χ0) is 22.1. The zero-order valence-corrected chi connectivity index (χ0v) is 19.1. The van der Waals surface area contributed by atoms with Gasteiger partial charge in [0.05, 0.1) is 20.1 Å². The first-order valence-electron chi connectivity index (χ1n) is 10.0. The molecular formula is C24H31ClN2O4. The van der Waals surface area contributed by atoms with Gasteiger partial charge in [-0.3, -0.25) is 9.59 Å². The van der Waals surface area contributed by atoms with Crippen molar-refractivity contribution < 1.29 is 37.2 Å². The highest BCUT2D eigenvalue weighted by Crippen LogP contribution is 2.19. The number of allylic oxidation sites excluding steroid dienone is 1. The average Bonchev–Trinajstić information content (AvgIpc) is 2.72. The van der Waals surface area contributed by atoms with Crippen LogP contribution < -0.4 is 27.8 Å². The minimum absolute atomic E-state index is 0. The molecule has 0 bridgehead atoms. The van der Waals surface area contributed by atoms with Gasteiger partial charge in [0.2, 0.25) is 5.91 Å². The van der Waals surface area contributed by atoms with E-state index in [0.29, 0.717) is 24.2 Å². The number of rotatable bonds is 10. The summed E-state index contributed by atoms with van der Waals surface area (Å²) in [7, 11) is 1.60. The molecule has 0 aliphatic carbocycles. The monoisotopic (exact) mass is 446 g/mol. The Labute approximate surface area is 190 Å². The third kappa shape index (κ3) is 8.53. The molecule has 0 spiro atoms. The Morgan fingerprint density at radius 3 is 2.45 bits per heavy atom. The lowest BCUT2D eigenvalue weighted by Gasteiger charge is -2.18. The number of benzene rings is 2. The molecule has 31 heavy (non-hydrogen) atoms. The Bertz CT molecular complexity index is 893. The van der Waals surface area contributed by atoms with Crippen LogP contribution in [0.5, 0.6) is 5.75 Å². The molecule has 4 N–H and O–H groups in total. The number of anilines is 1. The van der Waals surface area contributed by atoms with E-state index in [-0.39, 0.29) is 30.1 Å². The van der Waals surface area contributed by atoms with Crippen LogP contribution in [0.15, 0.2) is 60.2 Å². The Hall–Kier alpha value is -2.67. The summed E-state index contributed by atoms with van der Waals surface area (Å²) in [5.41, 5.74) is 2.87. The van der Waals surface area contributed by atoms with E-state index in [0.717, 1.165) is 16.9 Å². The Balaban J connectivity index is 0.00000480. The number of carbonyl (C=O) groups is 2. The van der Waals surface area contributed by atoms with Crippen LogP contribution >= 0.6 is 0 Å². The predicted octanol–water partition coefficient (Wildman–Crippen LogP) is -0.138. The van der Waals surface area contributed by atoms with Gasteiger partial charge in [-0.2, -0.15) is 0 Å². The zero-order valence-electron chi connectivity index (χ0n) is 18.4. The fourth-order valence-corrected chi connectivity index (χ4v) is 3.07. The van der Waals surface area contributed by atoms with Gasteiger partial charge < -0.3 is 32.9 Å². The second kappa shape index (κ2) is 12.9. The summed E-state index contributed by atoms with van der Waals surface area (Å²) in [6.07, 6.45) is 1.21. The lowest BCUT2D eigenvalue weighted by molar-refractivity contribution is -0.693. The molecule has 6 nitrogen and oxygen atoms in total. The maximum absolute atomic E-state index is 12.5. The number of halogens is 1. The summed E-state index contributed by atoms with van der Waals surface area (Å²) in [4.78, 5) is 24.4. The van der Waals surface area contributed by atoms with Gasteiger partial charge in [0.1, 0.15) is 17.9 Å². The maximum Gasteiger partial charge on any atom is 0.248 e. The molecule has 7 heteroatoms. The molecule has 2 rings (SSSR count). The van der Waals surface area contributed by atoms with Crippen LogP contribution in [-0.2, 0) is 4.79 Å². The number of Topliss-reactive ketones (excluding diaryl/α,β-unsaturated/α-hetero) is 1. The molecule has 2 atom stereocenters. The van der Waals surface area contributed by atoms with Gasteiger partial charge in [-0.15, -0.1) is 0 Å². The first-order valence-corrected chi connectivity index (χ1v) is 10.0. The van der Waals surface area contributed by atoms with E-state index in [1.54, 1.807) is 31.4 Å². The molecule has 0 aromatic heterocycles. The number of ether oxygens (including phenoxy) is 1. The number of aliphatic hydroxyl groups is 1. The van der Waals surface area contributed by atoms with Crippen LogP contribution in [0.2, 0.25) is 0 Å². The first kappa shape index (κ1) is 26.4. The second-order valence-corrected chi connectivity index (χ2v) is 7.57. The molecule has 2 aromatic carbocycles. The fourth-order valence-electron chi connectivity index (χ4n) is 3.07. The van der Waals surface area contributed by atoms with Crippen LogP contribution in [0.25, 0.3) is 0 Å². The van der Waals surface area contributed by atoms with Crippen molar-refractivity contribution in [3.05, 3.63) is 71.3 Å². The number of nitrogens with one attached hydrogen (secondary N) is 1. The molecule has 0 saturated heterocycles. The molecule has 0 aliphatic rings. The van der Waals surface area contributed by atoms with Crippen LogP contribution in [0, 0.1) is 0 Å². The van der Waals surface area contributed by atoms with Crippen molar-refractivity contribution in [2.45, 2.75) is 39.3 Å². The van der Waals surface area contributed by atoms with Crippen molar-refractivity contribution in [3.8, 4) is 5.75 Å². The van der Waals surface area contributed by atoms with Gasteiger partial charge in [-0.25, -0.2) is 0 Å². The van der Waals surface area contributed by atoms with Gasteiger partial charge in [-0.05, 0) is 50.6 Å². The minimum atomic E-state index is -0.639. The number of aliphatic hydroxyl groups excluding tert-OH is 1. The number of carbonyl (C=O) groups excluding carboxylic acids is 2. The molecule has 2 aromatic rings. The highest BCUT2D eigenvalue weighted by molar-refractivity contribution is 6.01. The Kier molecular flexibility index (Phi) is 11.0. The standard InChI is InChI=1S/C24H30N2O4.ClH/c1-16(2)14-23(28)26-20-7-5-6-19(15-20)22(27)12-13-25-17(3)24(29)18-8-10-21(30-4)11-9-18;/h5-11,14-15,17,24-25,29H,12-13H2,1-4H3,(H,26,28);1H. The van der Waals surface area contributed by atoms with E-state index in [1.165, 1.54) is 6.08 Å². The van der Waals surface area contributed by atoms with E-state index in [1.807, 2.05) is 50.4 Å². The molecule has 0 saturated carbocycles. The van der Waals surface area contributed by atoms with Crippen LogP contribution in [0.1, 0.15) is 49.2 Å². The highest BCUT2D eigenvalue weighted by Gasteiger charge is 2.19. The lowest BCUT2D eigenvalue weighted by atomic mass is 10.0. The number of hydrogen-bond acceptors (Lipinski definition) is 4. The molecule has 1 amide bonds. The maximum atomic E-state index is 12.5. The molecule has 168 valence electrons. The van der Waals surface area contributed by atoms with Crippen molar-refractivity contribution in [2.75, 3.05) is 19.0 Å². The van der Waals surface area contributed by atoms with Gasteiger partial charge in [0.25, 0.3) is 0 Å². The number of methoxy groups -OCH3 is 1. The van der Waals surface area contributed by atoms with Crippen molar-refractivity contribution in [1.29, 1.82) is 0 Å². The van der Waals surface area contributed by atoms with E-state index < -0.39 is 6.10 Å². The number of nitrogens with two attached hydrogens (primary N) is 1. The smallest absolute Gasteiger partial charge is 0.248 e. The molecular weight excluding hydrogens is 416 g/mol. The summed E-state index contributed by atoms with van der Waals surface area (Å²) in [6.45, 7) is 6.19. The second-order valence-electron chi connectivity index (χ2n) is 7.57. The summed E-state index contributed by atoms with van der Waals surface area (Å²) in [6, 6.07) is 14.2. The quantitative estimate of drug-likeness (QED) is 0.350. The SMILES string of the molecule is COc1ccc(C(O)C(C)[NH2+]CCC(=O)c2cccc(NC(=O)C=C(C)C)c2)cc1.[Cl-]. The first-order chi connectivity index (χ1) is 14.3. The number of amides is 1. The van der Waals surface area contributed by atoms with Crippen LogP contribution in [-0.4, -0.2) is 36.5 Å². The summed E-state index contributed by atoms with van der Waals surface area (Å²) in [5, 5.41) is 15.2. The van der Waals surface area contributed by atoms with Gasteiger partial charge in [0, 0.05) is 17.3 Å². The van der Waals surface area contributed by atoms with E-state index >= 15 is 0 Å². The van der Waals surface area contributed by atoms with Gasteiger partial charge in [0.15, 0.2) is 5.78 Å². The Morgan fingerprint density at radius 2 is 1.84 bits per heavy atom. The van der Waals surface area contributed by atoms with Gasteiger partial charge in [-0.1, -0.05) is 29.8 Å².